The van der Waals surface area contributed by atoms with Gasteiger partial charge in [-0.05, 0) is 83.1 Å². The third-order valence-electron chi connectivity index (χ3n) is 7.59. The average molecular weight is 653 g/mol. The smallest absolute Gasteiger partial charge is 0.429 e. The highest BCUT2D eigenvalue weighted by Gasteiger charge is 2.38. The normalized spacial score (nSPS) is 11.8. The second kappa shape index (κ2) is 14.2. The molecule has 0 atom stereocenters. The lowest BCUT2D eigenvalue weighted by molar-refractivity contribution is -0.187. The van der Waals surface area contributed by atoms with Gasteiger partial charge in [0, 0.05) is 17.2 Å². The first-order valence-corrected chi connectivity index (χ1v) is 14.8. The topological polar surface area (TPSA) is 9.23 Å². The molecule has 5 rings (SSSR count). The fraction of sp³-hybridized carbons (Fsp3) is 0.158. The molecule has 0 unspecified atom stereocenters. The second-order valence-electron chi connectivity index (χ2n) is 11.0. The summed E-state index contributed by atoms with van der Waals surface area (Å²) in [4.78, 5) is 0. The molecule has 0 saturated carbocycles. The number of unbranched alkanes of at least 4 members (excludes halogenated alkanes) is 2. The molecule has 0 N–H and O–H groups in total. The van der Waals surface area contributed by atoms with Crippen LogP contribution >= 0.6 is 0 Å². The van der Waals surface area contributed by atoms with Gasteiger partial charge in [0.15, 0.2) is 17.5 Å². The van der Waals surface area contributed by atoms with E-state index in [0.29, 0.717) is 23.8 Å². The van der Waals surface area contributed by atoms with E-state index in [1.165, 1.54) is 17.7 Å². The number of rotatable bonds is 11. The molecule has 0 aliphatic carbocycles. The van der Waals surface area contributed by atoms with Crippen LogP contribution in [0, 0.1) is 34.9 Å². The summed E-state index contributed by atoms with van der Waals surface area (Å²) in [5.74, 6) is -8.62. The minimum Gasteiger partial charge on any atom is -0.429 e. The highest BCUT2D eigenvalue weighted by molar-refractivity contribution is 5.72. The summed E-state index contributed by atoms with van der Waals surface area (Å²) >= 11 is 0. The van der Waals surface area contributed by atoms with E-state index in [9.17, 15) is 26.3 Å². The zero-order valence-electron chi connectivity index (χ0n) is 25.1. The first-order chi connectivity index (χ1) is 22.4. The van der Waals surface area contributed by atoms with E-state index >= 15 is 8.78 Å². The molecule has 0 spiro atoms. The molecular weight excluding hydrogens is 624 g/mol. The van der Waals surface area contributed by atoms with E-state index in [2.05, 4.69) is 11.7 Å². The summed E-state index contributed by atoms with van der Waals surface area (Å²) < 4.78 is 120. The zero-order chi connectivity index (χ0) is 33.7. The predicted octanol–water partition coefficient (Wildman–Crippen LogP) is 11.9. The summed E-state index contributed by atoms with van der Waals surface area (Å²) in [7, 11) is 0. The molecule has 0 saturated heterocycles. The molecule has 0 heterocycles. The highest BCUT2D eigenvalue weighted by Crippen LogP contribution is 2.36. The van der Waals surface area contributed by atoms with Gasteiger partial charge in [0.05, 0.1) is 5.56 Å². The van der Waals surface area contributed by atoms with E-state index < -0.39 is 52.3 Å². The van der Waals surface area contributed by atoms with Crippen molar-refractivity contribution in [3.8, 4) is 28.0 Å². The van der Waals surface area contributed by atoms with Crippen LogP contribution in [0.3, 0.4) is 0 Å². The van der Waals surface area contributed by atoms with Gasteiger partial charge in [0.2, 0.25) is 0 Å². The fourth-order valence-corrected chi connectivity index (χ4v) is 5.06. The number of benzene rings is 5. The van der Waals surface area contributed by atoms with Gasteiger partial charge in [0.1, 0.15) is 23.2 Å². The Balaban J connectivity index is 1.28. The third kappa shape index (κ3) is 7.91. The first-order valence-electron chi connectivity index (χ1n) is 14.8. The van der Waals surface area contributed by atoms with E-state index in [1.54, 1.807) is 12.2 Å². The molecule has 242 valence electrons. The summed E-state index contributed by atoms with van der Waals surface area (Å²) in [6, 6.07) is 18.2. The molecule has 0 radical (unpaired) electrons. The van der Waals surface area contributed by atoms with Crippen molar-refractivity contribution in [3.05, 3.63) is 148 Å². The summed E-state index contributed by atoms with van der Waals surface area (Å²) in [5, 5.41) is 0. The maximum absolute atomic E-state index is 15.0. The number of halogens is 8. The number of hydrogen-bond donors (Lipinski definition) is 0. The molecule has 0 aliphatic heterocycles. The monoisotopic (exact) mass is 652 g/mol. The van der Waals surface area contributed by atoms with Crippen molar-refractivity contribution in [1.82, 2.24) is 0 Å². The molecule has 0 aliphatic rings. The van der Waals surface area contributed by atoms with E-state index in [0.717, 1.165) is 67.6 Å². The molecule has 9 heteroatoms. The number of aryl methyl sites for hydroxylation is 1. The lowest BCUT2D eigenvalue weighted by Crippen LogP contribution is -2.23. The van der Waals surface area contributed by atoms with Crippen molar-refractivity contribution in [2.45, 2.75) is 38.7 Å². The van der Waals surface area contributed by atoms with Crippen LogP contribution < -0.4 is 4.74 Å². The SMILES string of the molecule is CCCCCc1ccc(/C=C/c2ccc(C(F)(F)Oc3ccc(-c4ccc(-c5cc(F)c(F)c(F)c5)c(F)c4)c(F)c3)c(F)c2)cc1. The van der Waals surface area contributed by atoms with Crippen molar-refractivity contribution in [2.75, 3.05) is 0 Å². The minimum atomic E-state index is -4.17. The quantitative estimate of drug-likeness (QED) is 0.0597. The van der Waals surface area contributed by atoms with Crippen molar-refractivity contribution >= 4 is 12.2 Å². The van der Waals surface area contributed by atoms with Gasteiger partial charge in [-0.1, -0.05) is 74.4 Å². The molecule has 0 fully saturated rings. The Hall–Kier alpha value is -4.92. The molecule has 5 aromatic carbocycles. The Labute approximate surface area is 266 Å². The number of hydrogen-bond acceptors (Lipinski definition) is 1. The van der Waals surface area contributed by atoms with Crippen molar-refractivity contribution in [1.29, 1.82) is 0 Å². The first kappa shape index (κ1) is 33.4. The summed E-state index contributed by atoms with van der Waals surface area (Å²) in [6.07, 6.45) is 3.56. The van der Waals surface area contributed by atoms with Crippen LogP contribution in [0.25, 0.3) is 34.4 Å². The Morgan fingerprint density at radius 3 is 1.81 bits per heavy atom. The summed E-state index contributed by atoms with van der Waals surface area (Å²) in [6.45, 7) is 2.14. The number of alkyl halides is 2. The molecule has 1 nitrogen and oxygen atoms in total. The number of ether oxygens (including phenoxy) is 1. The van der Waals surface area contributed by atoms with E-state index in [1.807, 2.05) is 24.3 Å². The van der Waals surface area contributed by atoms with Crippen LogP contribution in [0.4, 0.5) is 35.1 Å². The minimum absolute atomic E-state index is 0.0253. The average Bonchev–Trinajstić information content (AvgIpc) is 3.03. The van der Waals surface area contributed by atoms with Gasteiger partial charge < -0.3 is 4.74 Å². The molecule has 0 amide bonds. The van der Waals surface area contributed by atoms with Gasteiger partial charge in [0.25, 0.3) is 0 Å². The van der Waals surface area contributed by atoms with E-state index in [-0.39, 0.29) is 22.3 Å². The van der Waals surface area contributed by atoms with Crippen molar-refractivity contribution < 1.29 is 39.9 Å². The van der Waals surface area contributed by atoms with Crippen LogP contribution in [-0.2, 0) is 12.5 Å². The fourth-order valence-electron chi connectivity index (χ4n) is 5.06. The van der Waals surface area contributed by atoms with Gasteiger partial charge in [-0.25, -0.2) is 26.3 Å². The van der Waals surface area contributed by atoms with E-state index in [4.69, 9.17) is 0 Å². The molecule has 0 aromatic heterocycles. The Morgan fingerprint density at radius 2 is 1.17 bits per heavy atom. The molecule has 0 bridgehead atoms. The third-order valence-corrected chi connectivity index (χ3v) is 7.59. The Morgan fingerprint density at radius 1 is 0.574 bits per heavy atom. The van der Waals surface area contributed by atoms with Crippen LogP contribution in [-0.4, -0.2) is 0 Å². The standard InChI is InChI=1S/C38H28F8O/c1-2-3-4-5-23-6-8-24(9-7-23)10-11-25-12-17-31(34(41)18-25)38(45,46)47-28-14-16-29(33(40)22-28)26-13-15-30(32(39)19-26)27-20-35(42)37(44)36(43)21-27/h6-22H,2-5H2,1H3/b11-10+. The largest absolute Gasteiger partial charge is 0.429 e. The second-order valence-corrected chi connectivity index (χ2v) is 11.0. The van der Waals surface area contributed by atoms with Crippen LogP contribution in [0.1, 0.15) is 48.4 Å². The lowest BCUT2D eigenvalue weighted by Gasteiger charge is -2.19. The van der Waals surface area contributed by atoms with Gasteiger partial charge >= 0.3 is 6.11 Å². The highest BCUT2D eigenvalue weighted by atomic mass is 19.3. The maximum Gasteiger partial charge on any atom is 0.429 e. The molecular formula is C38H28F8O. The van der Waals surface area contributed by atoms with Crippen molar-refractivity contribution in [2.24, 2.45) is 0 Å². The van der Waals surface area contributed by atoms with Crippen LogP contribution in [0.2, 0.25) is 0 Å². The van der Waals surface area contributed by atoms with Crippen LogP contribution in [0.15, 0.2) is 91.0 Å². The molecule has 5 aromatic rings. The Bertz CT molecular complexity index is 1890. The van der Waals surface area contributed by atoms with Gasteiger partial charge in [-0.2, -0.15) is 8.78 Å². The predicted molar refractivity (Wildman–Crippen MR) is 167 cm³/mol. The lowest BCUT2D eigenvalue weighted by atomic mass is 9.99. The van der Waals surface area contributed by atoms with Crippen molar-refractivity contribution in [3.63, 3.8) is 0 Å². The van der Waals surface area contributed by atoms with Gasteiger partial charge in [-0.15, -0.1) is 0 Å². The maximum atomic E-state index is 15.0. The Kier molecular flexibility index (Phi) is 10.1. The molecule has 47 heavy (non-hydrogen) atoms. The summed E-state index contributed by atoms with van der Waals surface area (Å²) in [5.41, 5.74) is 0.590. The zero-order valence-corrected chi connectivity index (χ0v) is 25.1. The van der Waals surface area contributed by atoms with Gasteiger partial charge in [-0.3, -0.25) is 0 Å². The van der Waals surface area contributed by atoms with Crippen LogP contribution in [0.5, 0.6) is 5.75 Å².